The van der Waals surface area contributed by atoms with Crippen LogP contribution in [-0.4, -0.2) is 150 Å². The molecule has 0 spiro atoms. The third-order valence-electron chi connectivity index (χ3n) is 17.1. The second-order valence-corrected chi connectivity index (χ2v) is 20.7. The summed E-state index contributed by atoms with van der Waals surface area (Å²) in [5.41, 5.74) is -3.12. The highest BCUT2D eigenvalue weighted by molar-refractivity contribution is 5.22. The summed E-state index contributed by atoms with van der Waals surface area (Å²) in [7, 11) is 0. The largest absolute Gasteiger partial charge is 0.394 e. The average Bonchev–Trinajstić information content (AvgIpc) is 3.49. The lowest BCUT2D eigenvalue weighted by atomic mass is 9.34. The first-order valence-electron chi connectivity index (χ1n) is 20.8. The van der Waals surface area contributed by atoms with Crippen molar-refractivity contribution in [2.45, 2.75) is 198 Å². The summed E-state index contributed by atoms with van der Waals surface area (Å²) in [4.78, 5) is 0. The second kappa shape index (κ2) is 14.3. The third-order valence-corrected chi connectivity index (χ3v) is 17.1. The zero-order valence-electron chi connectivity index (χ0n) is 34.0. The molecular weight excluding hydrogens is 716 g/mol. The zero-order chi connectivity index (χ0) is 40.4. The molecule has 0 bridgehead atoms. The Hall–Kier alpha value is -0.560. The number of hydrogen-bond acceptors (Lipinski definition) is 14. The van der Waals surface area contributed by atoms with Crippen LogP contribution in [0.25, 0.3) is 0 Å². The molecule has 0 aromatic carbocycles. The molecule has 4 saturated carbocycles. The number of aliphatic hydroxyl groups is 9. The topological polar surface area (TPSA) is 228 Å². The molecule has 318 valence electrons. The summed E-state index contributed by atoms with van der Waals surface area (Å²) in [5, 5.41) is 98.7. The van der Waals surface area contributed by atoms with Gasteiger partial charge in [-0.3, -0.25) is 0 Å². The van der Waals surface area contributed by atoms with Crippen LogP contribution in [0.5, 0.6) is 0 Å². The number of rotatable bonds is 6. The van der Waals surface area contributed by atoms with E-state index in [1.807, 2.05) is 13.8 Å². The summed E-state index contributed by atoms with van der Waals surface area (Å²) < 4.78 is 31.7. The Balaban J connectivity index is 1.26. The molecule has 21 atom stereocenters. The predicted octanol–water partition coefficient (Wildman–Crippen LogP) is 0.970. The lowest BCUT2D eigenvalue weighted by Gasteiger charge is -2.72. The minimum atomic E-state index is -1.68. The Bertz CT molecular complexity index is 1400. The average molecular weight is 787 g/mol. The molecule has 0 radical (unpaired) electrons. The Morgan fingerprint density at radius 2 is 1.35 bits per heavy atom. The van der Waals surface area contributed by atoms with Crippen LogP contribution in [0.15, 0.2) is 0 Å². The molecule has 14 nitrogen and oxygen atoms in total. The molecular formula is C41H70O14. The van der Waals surface area contributed by atoms with Gasteiger partial charge in [-0.2, -0.15) is 0 Å². The van der Waals surface area contributed by atoms with Crippen molar-refractivity contribution >= 4 is 0 Å². The van der Waals surface area contributed by atoms with Crippen LogP contribution in [0.1, 0.15) is 107 Å². The van der Waals surface area contributed by atoms with Gasteiger partial charge in [0.15, 0.2) is 12.6 Å². The van der Waals surface area contributed by atoms with Gasteiger partial charge < -0.3 is 69.6 Å². The zero-order valence-corrected chi connectivity index (χ0v) is 34.0. The maximum Gasteiger partial charge on any atom is 0.187 e. The maximum atomic E-state index is 12.4. The van der Waals surface area contributed by atoms with E-state index in [4.69, 9.17) is 23.7 Å². The van der Waals surface area contributed by atoms with Crippen molar-refractivity contribution in [1.29, 1.82) is 0 Å². The molecule has 14 heteroatoms. The third kappa shape index (κ3) is 6.42. The van der Waals surface area contributed by atoms with Gasteiger partial charge >= 0.3 is 0 Å². The fourth-order valence-corrected chi connectivity index (χ4v) is 14.0. The van der Waals surface area contributed by atoms with Crippen molar-refractivity contribution in [1.82, 2.24) is 0 Å². The summed E-state index contributed by atoms with van der Waals surface area (Å²) in [6, 6.07) is 0. The molecule has 9 N–H and O–H groups in total. The lowest BCUT2D eigenvalue weighted by molar-refractivity contribution is -0.377. The smallest absolute Gasteiger partial charge is 0.187 e. The first kappa shape index (κ1) is 42.6. The highest BCUT2D eigenvalue weighted by atomic mass is 16.8. The Labute approximate surface area is 325 Å². The number of aliphatic hydroxyl groups excluding tert-OH is 9. The van der Waals surface area contributed by atoms with Crippen molar-refractivity contribution in [3.05, 3.63) is 0 Å². The van der Waals surface area contributed by atoms with Crippen LogP contribution in [0.3, 0.4) is 0 Å². The fraction of sp³-hybridized carbons (Fsp3) is 1.00. The van der Waals surface area contributed by atoms with Gasteiger partial charge in [0.25, 0.3) is 0 Å². The van der Waals surface area contributed by atoms with Crippen LogP contribution in [0.2, 0.25) is 0 Å². The van der Waals surface area contributed by atoms with Crippen LogP contribution >= 0.6 is 0 Å². The van der Waals surface area contributed by atoms with Gasteiger partial charge in [0, 0.05) is 0 Å². The van der Waals surface area contributed by atoms with E-state index in [1.165, 1.54) is 0 Å². The van der Waals surface area contributed by atoms with Crippen molar-refractivity contribution in [3.8, 4) is 0 Å². The molecule has 7 fully saturated rings. The van der Waals surface area contributed by atoms with Gasteiger partial charge in [-0.1, -0.05) is 34.6 Å². The highest BCUT2D eigenvalue weighted by Gasteiger charge is 2.74. The van der Waals surface area contributed by atoms with Gasteiger partial charge in [0.1, 0.15) is 42.7 Å². The van der Waals surface area contributed by atoms with Gasteiger partial charge in [-0.05, 0) is 117 Å². The number of hydrogen-bond donors (Lipinski definition) is 9. The van der Waals surface area contributed by atoms with Crippen molar-refractivity contribution < 1.29 is 69.6 Å². The minimum absolute atomic E-state index is 0.0452. The Morgan fingerprint density at radius 1 is 0.673 bits per heavy atom. The first-order chi connectivity index (χ1) is 25.5. The van der Waals surface area contributed by atoms with Crippen LogP contribution in [-0.2, 0) is 23.7 Å². The van der Waals surface area contributed by atoms with Crippen LogP contribution in [0.4, 0.5) is 0 Å². The van der Waals surface area contributed by atoms with E-state index < -0.39 is 114 Å². The fourth-order valence-electron chi connectivity index (χ4n) is 14.0. The second-order valence-electron chi connectivity index (χ2n) is 20.7. The molecule has 3 unspecified atom stereocenters. The van der Waals surface area contributed by atoms with E-state index in [0.29, 0.717) is 38.5 Å². The van der Waals surface area contributed by atoms with Crippen LogP contribution < -0.4 is 0 Å². The van der Waals surface area contributed by atoms with E-state index in [2.05, 4.69) is 41.5 Å². The molecule has 0 amide bonds. The van der Waals surface area contributed by atoms with Gasteiger partial charge in [-0.25, -0.2) is 0 Å². The monoisotopic (exact) mass is 786 g/mol. The quantitative estimate of drug-likeness (QED) is 0.171. The Kier molecular flexibility index (Phi) is 11.1. The molecule has 55 heavy (non-hydrogen) atoms. The van der Waals surface area contributed by atoms with E-state index >= 15 is 0 Å². The van der Waals surface area contributed by atoms with E-state index in [0.717, 1.165) is 12.8 Å². The molecule has 7 aliphatic rings. The molecule has 3 aliphatic heterocycles. The molecule has 0 aromatic rings. The predicted molar refractivity (Wildman–Crippen MR) is 196 cm³/mol. The maximum absolute atomic E-state index is 12.4. The summed E-state index contributed by atoms with van der Waals surface area (Å²) in [6.45, 7) is 16.1. The molecule has 4 aliphatic carbocycles. The van der Waals surface area contributed by atoms with E-state index in [-0.39, 0.29) is 35.7 Å². The summed E-state index contributed by atoms with van der Waals surface area (Å²) in [6.07, 6.45) is -10.4. The van der Waals surface area contributed by atoms with Gasteiger partial charge in [0.2, 0.25) is 0 Å². The molecule has 0 aromatic heterocycles. The van der Waals surface area contributed by atoms with Gasteiger partial charge in [-0.15, -0.1) is 0 Å². The SMILES string of the molecule is CC1(C)O[C@](C)(C2CC[C@]3(C)C2[C@H](O)C[C@@H]2[C@@]4(C)CC[C@H](O)C(C)(C)C4[C@@H](O[C@@H]4O[C@H](CO)[C@@H](O)[C@H](O)[C@H]4O[C@@H]4OC[C@@H](O)[C@H](O)[C@H]4O)C[C@]23C)CC[C@H]1O. The van der Waals surface area contributed by atoms with E-state index in [9.17, 15) is 46.0 Å². The highest BCUT2D eigenvalue weighted by Crippen LogP contribution is 2.76. The molecule has 3 saturated heterocycles. The lowest BCUT2D eigenvalue weighted by Crippen LogP contribution is -2.71. The summed E-state index contributed by atoms with van der Waals surface area (Å²) >= 11 is 0. The standard InChI is InChI=1S/C41H70O14/c1-36(2)25(45)10-12-38(5)24-15-20(43)27-19(41(8)14-11-26(46)37(3,4)55-41)9-13-39(27,6)40(24,7)16-22(33(36)38)52-35-32(30(49)29(48)23(17-42)53-35)54-34-31(50)28(47)21(44)18-51-34/h19-35,42-50H,9-18H2,1-8H3/t19?,20-,21-,22+,23-,24-,25+,26-,27?,28+,29-,30+,31-,32-,33?,34+,35-,38-,39-,40-,41+/m1/s1. The Morgan fingerprint density at radius 3 is 2.00 bits per heavy atom. The number of ether oxygens (including phenoxy) is 5. The number of fused-ring (bicyclic) bond motifs is 5. The normalized spacial score (nSPS) is 57.7. The van der Waals surface area contributed by atoms with Crippen LogP contribution in [0, 0.1) is 45.3 Å². The van der Waals surface area contributed by atoms with Crippen molar-refractivity contribution in [3.63, 3.8) is 0 Å². The van der Waals surface area contributed by atoms with Crippen molar-refractivity contribution in [2.24, 2.45) is 45.3 Å². The first-order valence-corrected chi connectivity index (χ1v) is 20.8. The molecule has 3 heterocycles. The van der Waals surface area contributed by atoms with Crippen molar-refractivity contribution in [2.75, 3.05) is 13.2 Å². The summed E-state index contributed by atoms with van der Waals surface area (Å²) in [5.74, 6) is -0.260. The molecule has 7 rings (SSSR count). The van der Waals surface area contributed by atoms with E-state index in [1.54, 1.807) is 0 Å². The minimum Gasteiger partial charge on any atom is -0.394 e. The van der Waals surface area contributed by atoms with Gasteiger partial charge in [0.05, 0.1) is 48.8 Å².